The van der Waals surface area contributed by atoms with Gasteiger partial charge < -0.3 is 9.94 Å². The van der Waals surface area contributed by atoms with E-state index in [4.69, 9.17) is 4.84 Å². The van der Waals surface area contributed by atoms with E-state index in [2.05, 4.69) is 15.2 Å². The molecule has 1 fully saturated rings. The van der Waals surface area contributed by atoms with Crippen LogP contribution in [0.4, 0.5) is 4.39 Å². The molecule has 1 aromatic heterocycles. The van der Waals surface area contributed by atoms with E-state index >= 15 is 0 Å². The molecule has 1 atom stereocenters. The van der Waals surface area contributed by atoms with Crippen LogP contribution >= 0.6 is 0 Å². The van der Waals surface area contributed by atoms with Gasteiger partial charge >= 0.3 is 5.97 Å². The summed E-state index contributed by atoms with van der Waals surface area (Å²) < 4.78 is 15.0. The lowest BCUT2D eigenvalue weighted by molar-refractivity contribution is -0.155. The fourth-order valence-corrected chi connectivity index (χ4v) is 4.48. The molecule has 0 amide bonds. The molecule has 0 aliphatic carbocycles. The number of likely N-dealkylation sites (tertiary alicyclic amines) is 1. The molecule has 0 radical (unpaired) electrons. The van der Waals surface area contributed by atoms with Crippen molar-refractivity contribution in [2.45, 2.75) is 45.3 Å². The Kier molecular flexibility index (Phi) is 5.60. The lowest BCUT2D eigenvalue weighted by Crippen LogP contribution is -2.45. The van der Waals surface area contributed by atoms with Gasteiger partial charge in [0.05, 0.1) is 16.8 Å². The van der Waals surface area contributed by atoms with Gasteiger partial charge in [-0.15, -0.1) is 0 Å². The van der Waals surface area contributed by atoms with E-state index in [9.17, 15) is 14.3 Å². The molecule has 4 rings (SSSR count). The second kappa shape index (κ2) is 8.18. The number of aromatic nitrogens is 2. The second-order valence-electron chi connectivity index (χ2n) is 8.46. The van der Waals surface area contributed by atoms with E-state index in [0.717, 1.165) is 36.6 Å². The van der Waals surface area contributed by atoms with Crippen LogP contribution in [0, 0.1) is 18.2 Å². The van der Waals surface area contributed by atoms with Gasteiger partial charge in [0.2, 0.25) is 0 Å². The summed E-state index contributed by atoms with van der Waals surface area (Å²) in [5, 5.41) is 18.5. The highest BCUT2D eigenvalue weighted by atomic mass is 19.1. The van der Waals surface area contributed by atoms with Crippen LogP contribution in [0.1, 0.15) is 42.5 Å². The number of halogens is 1. The molecule has 160 valence electrons. The van der Waals surface area contributed by atoms with Gasteiger partial charge in [-0.25, -0.2) is 4.39 Å². The van der Waals surface area contributed by atoms with Crippen molar-refractivity contribution in [1.29, 1.82) is 0 Å². The number of rotatable bonds is 6. The Morgan fingerprint density at radius 3 is 2.60 bits per heavy atom. The molecule has 1 aromatic carbocycles. The first-order chi connectivity index (χ1) is 14.3. The third kappa shape index (κ3) is 4.23. The van der Waals surface area contributed by atoms with Gasteiger partial charge in [0, 0.05) is 38.2 Å². The van der Waals surface area contributed by atoms with Crippen molar-refractivity contribution in [2.75, 3.05) is 13.1 Å². The summed E-state index contributed by atoms with van der Waals surface area (Å²) in [7, 11) is 1.91. The monoisotopic (exact) mass is 414 g/mol. The van der Waals surface area contributed by atoms with Crippen molar-refractivity contribution in [3.63, 3.8) is 0 Å². The molecule has 3 heterocycles. The van der Waals surface area contributed by atoms with Gasteiger partial charge in [0.25, 0.3) is 0 Å². The number of carboxylic acid groups (broad SMARTS) is 1. The van der Waals surface area contributed by atoms with E-state index in [0.29, 0.717) is 25.7 Å². The maximum Gasteiger partial charge on any atom is 0.309 e. The third-order valence-electron chi connectivity index (χ3n) is 6.30. The Morgan fingerprint density at radius 2 is 2.00 bits per heavy atom. The fourth-order valence-electron chi connectivity index (χ4n) is 4.48. The summed E-state index contributed by atoms with van der Waals surface area (Å²) in [6, 6.07) is 6.13. The number of benzene rings is 1. The van der Waals surface area contributed by atoms with Crippen molar-refractivity contribution in [1.82, 2.24) is 14.7 Å². The zero-order chi connectivity index (χ0) is 21.3. The van der Waals surface area contributed by atoms with Gasteiger partial charge in [0.15, 0.2) is 0 Å². The lowest BCUT2D eigenvalue weighted by Gasteiger charge is -2.39. The predicted molar refractivity (Wildman–Crippen MR) is 110 cm³/mol. The Balaban J connectivity index is 1.36. The molecule has 30 heavy (non-hydrogen) atoms. The second-order valence-corrected chi connectivity index (χ2v) is 8.46. The minimum atomic E-state index is -0.807. The van der Waals surface area contributed by atoms with Crippen molar-refractivity contribution in [2.24, 2.45) is 17.6 Å². The summed E-state index contributed by atoms with van der Waals surface area (Å²) in [6.07, 6.45) is 3.87. The van der Waals surface area contributed by atoms with Crippen LogP contribution in [0.15, 0.2) is 35.6 Å². The van der Waals surface area contributed by atoms with E-state index in [-0.39, 0.29) is 11.9 Å². The van der Waals surface area contributed by atoms with Gasteiger partial charge in [-0.1, -0.05) is 17.3 Å². The SMILES string of the molecule is Cc1nn(C)cc1CN1CCC(CC2CC(c3ccc(F)cc3)=NO2)(C(=O)O)CC1. The van der Waals surface area contributed by atoms with E-state index < -0.39 is 11.4 Å². The van der Waals surface area contributed by atoms with Gasteiger partial charge in [-0.05, 0) is 50.6 Å². The third-order valence-corrected chi connectivity index (χ3v) is 6.30. The molecule has 1 saturated heterocycles. The molecule has 2 aliphatic heterocycles. The summed E-state index contributed by atoms with van der Waals surface area (Å²) in [4.78, 5) is 20.1. The molecule has 1 unspecified atom stereocenters. The molecule has 0 bridgehead atoms. The average molecular weight is 414 g/mol. The van der Waals surface area contributed by atoms with Crippen LogP contribution in [0.2, 0.25) is 0 Å². The van der Waals surface area contributed by atoms with Gasteiger partial charge in [-0.3, -0.25) is 14.4 Å². The number of oxime groups is 1. The smallest absolute Gasteiger partial charge is 0.309 e. The zero-order valence-electron chi connectivity index (χ0n) is 17.3. The molecule has 2 aliphatic rings. The number of aliphatic carboxylic acids is 1. The van der Waals surface area contributed by atoms with Crippen LogP contribution in [-0.4, -0.2) is 50.7 Å². The van der Waals surface area contributed by atoms with Crippen LogP contribution in [0.25, 0.3) is 0 Å². The number of piperidine rings is 1. The van der Waals surface area contributed by atoms with Gasteiger partial charge in [0.1, 0.15) is 11.9 Å². The van der Waals surface area contributed by atoms with Gasteiger partial charge in [-0.2, -0.15) is 5.10 Å². The maximum atomic E-state index is 13.1. The summed E-state index contributed by atoms with van der Waals surface area (Å²) >= 11 is 0. The Labute approximate surface area is 175 Å². The van der Waals surface area contributed by atoms with Crippen LogP contribution in [-0.2, 0) is 23.2 Å². The molecule has 1 N–H and O–H groups in total. The molecule has 2 aromatic rings. The van der Waals surface area contributed by atoms with Crippen LogP contribution < -0.4 is 0 Å². The summed E-state index contributed by atoms with van der Waals surface area (Å²) in [5.74, 6) is -1.06. The first-order valence-corrected chi connectivity index (χ1v) is 10.3. The number of nitrogens with zero attached hydrogens (tertiary/aromatic N) is 4. The van der Waals surface area contributed by atoms with Crippen molar-refractivity contribution >= 4 is 11.7 Å². The Hall–Kier alpha value is -2.74. The van der Waals surface area contributed by atoms with Crippen molar-refractivity contribution in [3.8, 4) is 0 Å². The highest BCUT2D eigenvalue weighted by Crippen LogP contribution is 2.39. The highest BCUT2D eigenvalue weighted by molar-refractivity contribution is 6.01. The normalized spacial score (nSPS) is 21.3. The largest absolute Gasteiger partial charge is 0.481 e. The number of hydrogen-bond donors (Lipinski definition) is 1. The highest BCUT2D eigenvalue weighted by Gasteiger charge is 2.45. The van der Waals surface area contributed by atoms with E-state index in [1.165, 1.54) is 17.7 Å². The fraction of sp³-hybridized carbons (Fsp3) is 0.500. The molecule has 0 spiro atoms. The average Bonchev–Trinajstić information content (AvgIpc) is 3.30. The van der Waals surface area contributed by atoms with Crippen molar-refractivity contribution in [3.05, 3.63) is 53.1 Å². The first kappa shape index (κ1) is 20.5. The first-order valence-electron chi connectivity index (χ1n) is 10.3. The number of carbonyl (C=O) groups is 1. The quantitative estimate of drug-likeness (QED) is 0.786. The minimum absolute atomic E-state index is 0.270. The molecular formula is C22H27FN4O3. The van der Waals surface area contributed by atoms with E-state index in [1.807, 2.05) is 24.9 Å². The molecular weight excluding hydrogens is 387 g/mol. The number of aryl methyl sites for hydroxylation is 2. The molecule has 7 nitrogen and oxygen atoms in total. The number of carboxylic acids is 1. The number of hydrogen-bond acceptors (Lipinski definition) is 5. The maximum absolute atomic E-state index is 13.1. The Bertz CT molecular complexity index is 946. The summed E-state index contributed by atoms with van der Waals surface area (Å²) in [6.45, 7) is 4.22. The zero-order valence-corrected chi connectivity index (χ0v) is 17.3. The minimum Gasteiger partial charge on any atom is -0.481 e. The van der Waals surface area contributed by atoms with Crippen LogP contribution in [0.3, 0.4) is 0 Å². The standard InChI is InChI=1S/C22H27FN4O3/c1-15-17(13-26(2)24-15)14-27-9-7-22(8-10-27,21(28)29)12-19-11-20(25-30-19)16-3-5-18(23)6-4-16/h3-6,13,19H,7-12,14H2,1-2H3,(H,28,29). The lowest BCUT2D eigenvalue weighted by atomic mass is 9.73. The Morgan fingerprint density at radius 1 is 1.30 bits per heavy atom. The predicted octanol–water partition coefficient (Wildman–Crippen LogP) is 3.12. The van der Waals surface area contributed by atoms with E-state index in [1.54, 1.807) is 12.1 Å². The summed E-state index contributed by atoms with van der Waals surface area (Å²) in [5.41, 5.74) is 2.93. The topological polar surface area (TPSA) is 80.0 Å². The van der Waals surface area contributed by atoms with Crippen LogP contribution in [0.5, 0.6) is 0 Å². The van der Waals surface area contributed by atoms with Crippen molar-refractivity contribution < 1.29 is 19.1 Å². The molecule has 8 heteroatoms. The molecule has 0 saturated carbocycles.